The Morgan fingerprint density at radius 1 is 1.11 bits per heavy atom. The molecule has 4 rings (SSSR count). The van der Waals surface area contributed by atoms with Crippen molar-refractivity contribution in [2.24, 2.45) is 17.8 Å². The fourth-order valence-electron chi connectivity index (χ4n) is 4.63. The van der Waals surface area contributed by atoms with E-state index < -0.39 is 0 Å². The molecule has 1 aromatic rings. The van der Waals surface area contributed by atoms with E-state index in [2.05, 4.69) is 23.5 Å². The number of benzene rings is 1. The summed E-state index contributed by atoms with van der Waals surface area (Å²) in [5.41, 5.74) is 2.53. The fraction of sp³-hybridized carbons (Fsp3) is 0.625. The minimum atomic E-state index is -0.252. The van der Waals surface area contributed by atoms with Crippen LogP contribution in [0.3, 0.4) is 0 Å². The first-order valence-corrected chi connectivity index (χ1v) is 7.34. The van der Waals surface area contributed by atoms with E-state index in [4.69, 9.17) is 0 Å². The van der Waals surface area contributed by atoms with Gasteiger partial charge in [0.25, 0.3) is 0 Å². The topological polar surface area (TPSA) is 32.3 Å². The van der Waals surface area contributed by atoms with Crippen LogP contribution in [0.25, 0.3) is 0 Å². The highest BCUT2D eigenvalue weighted by Crippen LogP contribution is 2.46. The Morgan fingerprint density at radius 3 is 2.89 bits per heavy atom. The van der Waals surface area contributed by atoms with E-state index in [0.29, 0.717) is 12.0 Å². The van der Waals surface area contributed by atoms with Gasteiger partial charge in [-0.05, 0) is 48.8 Å². The zero-order valence-electron chi connectivity index (χ0n) is 10.7. The van der Waals surface area contributed by atoms with Crippen LogP contribution < -0.4 is 5.32 Å². The molecular weight excluding hydrogens is 222 g/mol. The second kappa shape index (κ2) is 4.07. The SMILES string of the molecule is OC1c2ccccc2CC1C1NCC2CCCC21. The minimum Gasteiger partial charge on any atom is -0.388 e. The summed E-state index contributed by atoms with van der Waals surface area (Å²) in [6.45, 7) is 1.18. The number of aliphatic hydroxyl groups is 1. The number of hydrogen-bond donors (Lipinski definition) is 2. The molecule has 96 valence electrons. The Morgan fingerprint density at radius 2 is 2.00 bits per heavy atom. The number of aliphatic hydroxyl groups excluding tert-OH is 1. The van der Waals surface area contributed by atoms with Gasteiger partial charge in [0, 0.05) is 12.0 Å². The number of rotatable bonds is 1. The van der Waals surface area contributed by atoms with Crippen molar-refractivity contribution in [1.29, 1.82) is 0 Å². The monoisotopic (exact) mass is 243 g/mol. The highest BCUT2D eigenvalue weighted by atomic mass is 16.3. The van der Waals surface area contributed by atoms with Crippen molar-refractivity contribution in [2.75, 3.05) is 6.54 Å². The van der Waals surface area contributed by atoms with Gasteiger partial charge in [0.15, 0.2) is 0 Å². The molecule has 2 aliphatic carbocycles. The van der Waals surface area contributed by atoms with Crippen LogP contribution in [0, 0.1) is 17.8 Å². The summed E-state index contributed by atoms with van der Waals surface area (Å²) in [5, 5.41) is 14.3. The van der Waals surface area contributed by atoms with Crippen LogP contribution in [0.5, 0.6) is 0 Å². The number of hydrogen-bond acceptors (Lipinski definition) is 2. The first-order valence-electron chi connectivity index (χ1n) is 7.34. The molecule has 0 aromatic heterocycles. The lowest BCUT2D eigenvalue weighted by Gasteiger charge is -2.27. The average Bonchev–Trinajstić information content (AvgIpc) is 3.04. The first kappa shape index (κ1) is 11.0. The van der Waals surface area contributed by atoms with Gasteiger partial charge in [-0.25, -0.2) is 0 Å². The molecule has 5 unspecified atom stereocenters. The van der Waals surface area contributed by atoms with E-state index in [9.17, 15) is 5.11 Å². The highest BCUT2D eigenvalue weighted by molar-refractivity contribution is 5.35. The third-order valence-corrected chi connectivity index (χ3v) is 5.49. The van der Waals surface area contributed by atoms with Crippen molar-refractivity contribution < 1.29 is 5.11 Å². The van der Waals surface area contributed by atoms with Gasteiger partial charge in [-0.1, -0.05) is 30.7 Å². The molecule has 0 amide bonds. The predicted molar refractivity (Wildman–Crippen MR) is 71.2 cm³/mol. The van der Waals surface area contributed by atoms with E-state index in [1.54, 1.807) is 0 Å². The maximum atomic E-state index is 10.6. The van der Waals surface area contributed by atoms with E-state index >= 15 is 0 Å². The van der Waals surface area contributed by atoms with Crippen molar-refractivity contribution >= 4 is 0 Å². The summed E-state index contributed by atoms with van der Waals surface area (Å²) >= 11 is 0. The van der Waals surface area contributed by atoms with Crippen LogP contribution in [-0.4, -0.2) is 17.7 Å². The summed E-state index contributed by atoms with van der Waals surface area (Å²) in [4.78, 5) is 0. The smallest absolute Gasteiger partial charge is 0.0839 e. The third kappa shape index (κ3) is 1.49. The summed E-state index contributed by atoms with van der Waals surface area (Å²) < 4.78 is 0. The Labute approximate surface area is 108 Å². The Balaban J connectivity index is 1.61. The predicted octanol–water partition coefficient (Wildman–Crippen LogP) is 2.28. The Hall–Kier alpha value is -0.860. The lowest BCUT2D eigenvalue weighted by molar-refractivity contribution is 0.0904. The van der Waals surface area contributed by atoms with Gasteiger partial charge in [-0.3, -0.25) is 0 Å². The Kier molecular flexibility index (Phi) is 2.49. The largest absolute Gasteiger partial charge is 0.388 e. The number of fused-ring (bicyclic) bond motifs is 2. The zero-order chi connectivity index (χ0) is 12.1. The van der Waals surface area contributed by atoms with Gasteiger partial charge in [-0.15, -0.1) is 0 Å². The van der Waals surface area contributed by atoms with Crippen LogP contribution in [0.4, 0.5) is 0 Å². The molecule has 0 bridgehead atoms. The number of nitrogens with one attached hydrogen (secondary N) is 1. The van der Waals surface area contributed by atoms with Gasteiger partial charge < -0.3 is 10.4 Å². The highest BCUT2D eigenvalue weighted by Gasteiger charge is 2.46. The maximum absolute atomic E-state index is 10.6. The van der Waals surface area contributed by atoms with Crippen molar-refractivity contribution in [2.45, 2.75) is 37.8 Å². The van der Waals surface area contributed by atoms with E-state index in [0.717, 1.165) is 18.3 Å². The van der Waals surface area contributed by atoms with Crippen molar-refractivity contribution in [1.82, 2.24) is 5.32 Å². The fourth-order valence-corrected chi connectivity index (χ4v) is 4.63. The molecule has 1 aliphatic heterocycles. The van der Waals surface area contributed by atoms with Crippen LogP contribution in [0.15, 0.2) is 24.3 Å². The lowest BCUT2D eigenvalue weighted by Crippen LogP contribution is -2.37. The molecule has 0 spiro atoms. The summed E-state index contributed by atoms with van der Waals surface area (Å²) in [6.07, 6.45) is 4.95. The van der Waals surface area contributed by atoms with Gasteiger partial charge in [-0.2, -0.15) is 0 Å². The lowest BCUT2D eigenvalue weighted by atomic mass is 9.83. The molecule has 1 aromatic carbocycles. The molecule has 1 saturated carbocycles. The van der Waals surface area contributed by atoms with Gasteiger partial charge in [0.05, 0.1) is 6.10 Å². The van der Waals surface area contributed by atoms with E-state index in [1.165, 1.54) is 36.9 Å². The Bertz CT molecular complexity index is 458. The van der Waals surface area contributed by atoms with Gasteiger partial charge >= 0.3 is 0 Å². The van der Waals surface area contributed by atoms with Crippen LogP contribution in [0.2, 0.25) is 0 Å². The third-order valence-electron chi connectivity index (χ3n) is 5.49. The van der Waals surface area contributed by atoms with Crippen molar-refractivity contribution in [3.63, 3.8) is 0 Å². The van der Waals surface area contributed by atoms with Crippen LogP contribution in [0.1, 0.15) is 36.5 Å². The second-order valence-corrected chi connectivity index (χ2v) is 6.30. The molecule has 2 fully saturated rings. The molecule has 5 atom stereocenters. The molecule has 1 heterocycles. The zero-order valence-corrected chi connectivity index (χ0v) is 10.7. The van der Waals surface area contributed by atoms with Crippen molar-refractivity contribution in [3.8, 4) is 0 Å². The van der Waals surface area contributed by atoms with Gasteiger partial charge in [0.2, 0.25) is 0 Å². The molecule has 18 heavy (non-hydrogen) atoms. The maximum Gasteiger partial charge on any atom is 0.0839 e. The van der Waals surface area contributed by atoms with Crippen LogP contribution in [-0.2, 0) is 6.42 Å². The normalized spacial score (nSPS) is 41.9. The molecular formula is C16H21NO. The summed E-state index contributed by atoms with van der Waals surface area (Å²) in [6, 6.07) is 8.96. The van der Waals surface area contributed by atoms with Gasteiger partial charge in [0.1, 0.15) is 0 Å². The quantitative estimate of drug-likeness (QED) is 0.793. The van der Waals surface area contributed by atoms with Crippen molar-refractivity contribution in [3.05, 3.63) is 35.4 Å². The van der Waals surface area contributed by atoms with Crippen LogP contribution >= 0.6 is 0 Å². The molecule has 3 aliphatic rings. The second-order valence-electron chi connectivity index (χ2n) is 6.30. The minimum absolute atomic E-state index is 0.252. The molecule has 2 N–H and O–H groups in total. The van der Waals surface area contributed by atoms with E-state index in [-0.39, 0.29) is 6.10 Å². The molecule has 2 heteroatoms. The molecule has 1 saturated heterocycles. The molecule has 0 radical (unpaired) electrons. The summed E-state index contributed by atoms with van der Waals surface area (Å²) in [5.74, 6) is 2.10. The van der Waals surface area contributed by atoms with E-state index in [1.807, 2.05) is 6.07 Å². The molecule has 2 nitrogen and oxygen atoms in total. The first-order chi connectivity index (χ1) is 8.84. The average molecular weight is 243 g/mol. The standard InChI is InChI=1S/C16H21NO/c18-16-13-6-2-1-4-10(13)8-14(16)15-12-7-3-5-11(12)9-17-15/h1-2,4,6,11-12,14-18H,3,5,7-9H2. The summed E-state index contributed by atoms with van der Waals surface area (Å²) in [7, 11) is 0.